The van der Waals surface area contributed by atoms with Crippen molar-refractivity contribution in [2.24, 2.45) is 11.8 Å². The van der Waals surface area contributed by atoms with Gasteiger partial charge >= 0.3 is 0 Å². The summed E-state index contributed by atoms with van der Waals surface area (Å²) in [5.74, 6) is -0.727. The lowest BCUT2D eigenvalue weighted by molar-refractivity contribution is -0.125. The van der Waals surface area contributed by atoms with Crippen LogP contribution in [0, 0.1) is 23.2 Å². The Kier molecular flexibility index (Phi) is 5.54. The molecule has 2 atom stereocenters. The van der Waals surface area contributed by atoms with Crippen molar-refractivity contribution in [2.75, 3.05) is 11.9 Å². The third-order valence-electron chi connectivity index (χ3n) is 3.85. The van der Waals surface area contributed by atoms with Gasteiger partial charge in [0.1, 0.15) is 6.07 Å². The summed E-state index contributed by atoms with van der Waals surface area (Å²) >= 11 is 0. The molecule has 2 N–H and O–H groups in total. The number of hydrogen-bond donors (Lipinski definition) is 2. The molecule has 1 aromatic carbocycles. The quantitative estimate of drug-likeness (QED) is 0.759. The Hall–Kier alpha value is -2.35. The van der Waals surface area contributed by atoms with Gasteiger partial charge in [-0.05, 0) is 25.0 Å². The number of carbonyl (C=O) groups is 2. The molecule has 1 aliphatic rings. The number of benzene rings is 1. The molecule has 2 unspecified atom stereocenters. The maximum Gasteiger partial charge on any atom is 0.228 e. The minimum Gasteiger partial charge on any atom is -0.356 e. The van der Waals surface area contributed by atoms with Crippen LogP contribution in [-0.4, -0.2) is 18.4 Å². The predicted octanol–water partition coefficient (Wildman–Crippen LogP) is 2.44. The van der Waals surface area contributed by atoms with Crippen LogP contribution < -0.4 is 10.6 Å². The third kappa shape index (κ3) is 4.08. The Labute approximate surface area is 130 Å². The second-order valence-corrected chi connectivity index (χ2v) is 5.59. The summed E-state index contributed by atoms with van der Waals surface area (Å²) in [6.07, 6.45) is 3.77. The molecule has 1 fully saturated rings. The second-order valence-electron chi connectivity index (χ2n) is 5.59. The number of carbonyl (C=O) groups excluding carboxylic acids is 2. The van der Waals surface area contributed by atoms with Gasteiger partial charge in [0.15, 0.2) is 0 Å². The summed E-state index contributed by atoms with van der Waals surface area (Å²) in [5.41, 5.74) is 0.932. The molecule has 2 amide bonds. The number of para-hydroxylation sites is 1. The van der Waals surface area contributed by atoms with Gasteiger partial charge in [-0.25, -0.2) is 0 Å². The molecule has 1 aromatic rings. The van der Waals surface area contributed by atoms with Gasteiger partial charge in [-0.3, -0.25) is 9.59 Å². The highest BCUT2D eigenvalue weighted by Gasteiger charge is 2.47. The maximum absolute atomic E-state index is 12.1. The van der Waals surface area contributed by atoms with Gasteiger partial charge in [-0.1, -0.05) is 31.9 Å². The molecular weight excluding hydrogens is 278 g/mol. The predicted molar refractivity (Wildman–Crippen MR) is 83.9 cm³/mol. The summed E-state index contributed by atoms with van der Waals surface area (Å²) in [5, 5.41) is 14.6. The smallest absolute Gasteiger partial charge is 0.228 e. The number of nitrogens with one attached hydrogen (secondary N) is 2. The molecule has 0 aromatic heterocycles. The van der Waals surface area contributed by atoms with Crippen molar-refractivity contribution in [3.05, 3.63) is 29.8 Å². The number of hydrogen-bond acceptors (Lipinski definition) is 3. The van der Waals surface area contributed by atoms with Crippen LogP contribution in [0.4, 0.5) is 5.69 Å². The highest BCUT2D eigenvalue weighted by Crippen LogP contribution is 2.39. The molecule has 0 aliphatic heterocycles. The molecule has 0 saturated heterocycles. The fourth-order valence-electron chi connectivity index (χ4n) is 2.41. The van der Waals surface area contributed by atoms with Gasteiger partial charge < -0.3 is 10.6 Å². The number of rotatable bonds is 7. The first-order chi connectivity index (χ1) is 10.7. The molecule has 2 rings (SSSR count). The fourth-order valence-corrected chi connectivity index (χ4v) is 2.41. The first-order valence-electron chi connectivity index (χ1n) is 7.75. The van der Waals surface area contributed by atoms with Crippen molar-refractivity contribution in [3.8, 4) is 6.07 Å². The average molecular weight is 299 g/mol. The minimum absolute atomic E-state index is 0.0372. The largest absolute Gasteiger partial charge is 0.356 e. The molecule has 0 spiro atoms. The molecule has 1 saturated carbocycles. The van der Waals surface area contributed by atoms with Gasteiger partial charge in [-0.2, -0.15) is 5.26 Å². The zero-order chi connectivity index (χ0) is 15.9. The zero-order valence-electron chi connectivity index (χ0n) is 12.8. The lowest BCUT2D eigenvalue weighted by atomic mass is 10.2. The van der Waals surface area contributed by atoms with Crippen molar-refractivity contribution < 1.29 is 9.59 Å². The Morgan fingerprint density at radius 2 is 1.95 bits per heavy atom. The van der Waals surface area contributed by atoms with E-state index in [0.717, 1.165) is 19.3 Å². The van der Waals surface area contributed by atoms with Crippen molar-refractivity contribution in [2.45, 2.75) is 32.6 Å². The standard InChI is InChI=1S/C17H21N3O2/c1-2-3-6-9-19-16(21)13-10-14(13)17(22)20-15-8-5-4-7-12(15)11-18/h4-5,7-8,13-14H,2-3,6,9-10H2,1H3,(H,19,21)(H,20,22). The van der Waals surface area contributed by atoms with Crippen LogP contribution in [0.15, 0.2) is 24.3 Å². The molecule has 0 heterocycles. The van der Waals surface area contributed by atoms with E-state index in [1.165, 1.54) is 0 Å². The Morgan fingerprint density at radius 3 is 2.68 bits per heavy atom. The minimum atomic E-state index is -0.280. The van der Waals surface area contributed by atoms with E-state index in [-0.39, 0.29) is 23.7 Å². The van der Waals surface area contributed by atoms with Crippen molar-refractivity contribution in [1.29, 1.82) is 5.26 Å². The first kappa shape index (κ1) is 16.0. The van der Waals surface area contributed by atoms with E-state index in [0.29, 0.717) is 24.2 Å². The summed E-state index contributed by atoms with van der Waals surface area (Å²) in [6, 6.07) is 8.90. The van der Waals surface area contributed by atoms with E-state index in [1.54, 1.807) is 24.3 Å². The number of unbranched alkanes of at least 4 members (excludes halogenated alkanes) is 2. The average Bonchev–Trinajstić information content (AvgIpc) is 3.32. The highest BCUT2D eigenvalue weighted by molar-refractivity contribution is 6.00. The topological polar surface area (TPSA) is 82.0 Å². The van der Waals surface area contributed by atoms with Crippen LogP contribution in [0.2, 0.25) is 0 Å². The molecule has 0 radical (unpaired) electrons. The van der Waals surface area contributed by atoms with Gasteiger partial charge in [0, 0.05) is 6.54 Å². The van der Waals surface area contributed by atoms with Crippen LogP contribution in [-0.2, 0) is 9.59 Å². The van der Waals surface area contributed by atoms with Crippen LogP contribution in [0.25, 0.3) is 0 Å². The van der Waals surface area contributed by atoms with Gasteiger partial charge in [-0.15, -0.1) is 0 Å². The highest BCUT2D eigenvalue weighted by atomic mass is 16.2. The van der Waals surface area contributed by atoms with Gasteiger partial charge in [0.2, 0.25) is 11.8 Å². The van der Waals surface area contributed by atoms with E-state index in [2.05, 4.69) is 17.6 Å². The van der Waals surface area contributed by atoms with Crippen LogP contribution in [0.5, 0.6) is 0 Å². The maximum atomic E-state index is 12.1. The number of nitriles is 1. The lowest BCUT2D eigenvalue weighted by Crippen LogP contribution is -2.28. The van der Waals surface area contributed by atoms with Crippen molar-refractivity contribution >= 4 is 17.5 Å². The van der Waals surface area contributed by atoms with Gasteiger partial charge in [0.25, 0.3) is 0 Å². The fraction of sp³-hybridized carbons (Fsp3) is 0.471. The lowest BCUT2D eigenvalue weighted by Gasteiger charge is -2.07. The Bertz CT molecular complexity index is 592. The van der Waals surface area contributed by atoms with Gasteiger partial charge in [0.05, 0.1) is 23.1 Å². The summed E-state index contributed by atoms with van der Waals surface area (Å²) < 4.78 is 0. The molecule has 22 heavy (non-hydrogen) atoms. The Balaban J connectivity index is 1.81. The molecule has 5 heteroatoms. The van der Waals surface area contributed by atoms with Crippen molar-refractivity contribution in [3.63, 3.8) is 0 Å². The molecule has 0 bridgehead atoms. The first-order valence-corrected chi connectivity index (χ1v) is 7.75. The molecular formula is C17H21N3O2. The van der Waals surface area contributed by atoms with Crippen LogP contribution >= 0.6 is 0 Å². The second kappa shape index (κ2) is 7.60. The van der Waals surface area contributed by atoms with E-state index in [1.807, 2.05) is 6.07 Å². The molecule has 1 aliphatic carbocycles. The zero-order valence-corrected chi connectivity index (χ0v) is 12.8. The van der Waals surface area contributed by atoms with E-state index in [9.17, 15) is 9.59 Å². The molecule has 5 nitrogen and oxygen atoms in total. The number of anilines is 1. The van der Waals surface area contributed by atoms with E-state index < -0.39 is 0 Å². The summed E-state index contributed by atoms with van der Waals surface area (Å²) in [4.78, 5) is 24.0. The number of nitrogens with zero attached hydrogens (tertiary/aromatic N) is 1. The van der Waals surface area contributed by atoms with E-state index >= 15 is 0 Å². The Morgan fingerprint density at radius 1 is 1.23 bits per heavy atom. The monoisotopic (exact) mass is 299 g/mol. The molecule has 116 valence electrons. The summed E-state index contributed by atoms with van der Waals surface area (Å²) in [6.45, 7) is 2.79. The normalized spacial score (nSPS) is 19.1. The van der Waals surface area contributed by atoms with Crippen molar-refractivity contribution in [1.82, 2.24) is 5.32 Å². The van der Waals surface area contributed by atoms with E-state index in [4.69, 9.17) is 5.26 Å². The van der Waals surface area contributed by atoms with Crippen LogP contribution in [0.3, 0.4) is 0 Å². The van der Waals surface area contributed by atoms with Crippen LogP contribution in [0.1, 0.15) is 38.2 Å². The third-order valence-corrected chi connectivity index (χ3v) is 3.85. The summed E-state index contributed by atoms with van der Waals surface area (Å²) in [7, 11) is 0. The number of amides is 2. The SMILES string of the molecule is CCCCCNC(=O)C1CC1C(=O)Nc1ccccc1C#N.